The van der Waals surface area contributed by atoms with Gasteiger partial charge in [-0.15, -0.1) is 0 Å². The highest BCUT2D eigenvalue weighted by Gasteiger charge is 2.70. The Morgan fingerprint density at radius 1 is 1.22 bits per heavy atom. The lowest BCUT2D eigenvalue weighted by Crippen LogP contribution is -2.70. The predicted octanol–water partition coefficient (Wildman–Crippen LogP) is 0.710. The molecule has 3 aliphatic rings. The molecule has 5 heteroatoms. The summed E-state index contributed by atoms with van der Waals surface area (Å²) in [5.74, 6) is -0.278. The molecule has 3 rings (SSSR count). The Balaban J connectivity index is 1.65. The number of hydrogen-bond donors (Lipinski definition) is 1. The van der Waals surface area contributed by atoms with Gasteiger partial charge in [-0.25, -0.2) is 0 Å². The molecule has 0 aromatic carbocycles. The van der Waals surface area contributed by atoms with Crippen molar-refractivity contribution in [3.05, 3.63) is 0 Å². The quantitative estimate of drug-likeness (QED) is 0.512. The normalized spacial score (nSPS) is 34.4. The molecule has 0 radical (unpaired) electrons. The minimum atomic E-state index is -0.446. The van der Waals surface area contributed by atoms with Crippen LogP contribution in [-0.4, -0.2) is 46.1 Å². The van der Waals surface area contributed by atoms with Gasteiger partial charge < -0.3 is 19.9 Å². The Morgan fingerprint density at radius 3 is 2.44 bits per heavy atom. The first-order valence-electron chi connectivity index (χ1n) is 6.48. The second kappa shape index (κ2) is 5.15. The van der Waals surface area contributed by atoms with Crippen molar-refractivity contribution in [3.8, 4) is 0 Å². The summed E-state index contributed by atoms with van der Waals surface area (Å²) in [6, 6.07) is -0.446. The minimum absolute atomic E-state index is 0.0274. The number of hydrogen-bond acceptors (Lipinski definition) is 5. The zero-order chi connectivity index (χ0) is 13.2. The molecule has 1 unspecified atom stereocenters. The second-order valence-electron chi connectivity index (χ2n) is 5.75. The van der Waals surface area contributed by atoms with E-state index in [1.165, 1.54) is 7.11 Å². The third-order valence-corrected chi connectivity index (χ3v) is 4.50. The fourth-order valence-electron chi connectivity index (χ4n) is 3.59. The van der Waals surface area contributed by atoms with Crippen LogP contribution in [0.1, 0.15) is 25.7 Å². The fourth-order valence-corrected chi connectivity index (χ4v) is 3.59. The first-order chi connectivity index (χ1) is 8.57. The van der Waals surface area contributed by atoms with Gasteiger partial charge in [-0.05, 0) is 36.5 Å². The van der Waals surface area contributed by atoms with Gasteiger partial charge in [-0.3, -0.25) is 4.79 Å². The Morgan fingerprint density at radius 2 is 1.89 bits per heavy atom. The molecule has 2 N–H and O–H groups in total. The highest BCUT2D eigenvalue weighted by atomic mass is 16.5. The summed E-state index contributed by atoms with van der Waals surface area (Å²) in [7, 11) is 3.07. The molecule has 5 nitrogen and oxygen atoms in total. The zero-order valence-electron chi connectivity index (χ0n) is 11.2. The number of carbonyl (C=O) groups excluding carboxylic acids is 1. The van der Waals surface area contributed by atoms with E-state index < -0.39 is 6.04 Å². The molecule has 3 saturated carbocycles. The van der Waals surface area contributed by atoms with Crippen molar-refractivity contribution in [2.45, 2.75) is 31.7 Å². The van der Waals surface area contributed by atoms with Crippen molar-refractivity contribution < 1.29 is 19.0 Å². The van der Waals surface area contributed by atoms with E-state index in [0.29, 0.717) is 18.6 Å². The number of methoxy groups -OCH3 is 2. The maximum atomic E-state index is 11.4. The average Bonchev–Trinajstić information content (AvgIpc) is 2.28. The first kappa shape index (κ1) is 13.8. The molecular weight excluding hydrogens is 234 g/mol. The summed E-state index contributed by atoms with van der Waals surface area (Å²) < 4.78 is 15.1. The number of carbonyl (C=O) groups is 1. The zero-order valence-corrected chi connectivity index (χ0v) is 11.2. The molecule has 18 heavy (non-hydrogen) atoms. The summed E-state index contributed by atoms with van der Waals surface area (Å²) in [5, 5.41) is 0. The van der Waals surface area contributed by atoms with Crippen LogP contribution in [0.3, 0.4) is 0 Å². The van der Waals surface area contributed by atoms with Gasteiger partial charge in [0.05, 0.1) is 20.3 Å². The monoisotopic (exact) mass is 257 g/mol. The molecule has 0 aromatic heterocycles. The van der Waals surface area contributed by atoms with E-state index in [2.05, 4.69) is 0 Å². The lowest BCUT2D eigenvalue weighted by Gasteiger charge is -2.72. The van der Waals surface area contributed by atoms with Gasteiger partial charge in [0.1, 0.15) is 6.04 Å². The van der Waals surface area contributed by atoms with Crippen LogP contribution >= 0.6 is 0 Å². The maximum absolute atomic E-state index is 11.4. The van der Waals surface area contributed by atoms with E-state index in [0.717, 1.165) is 32.3 Å². The lowest BCUT2D eigenvalue weighted by atomic mass is 9.32. The highest BCUT2D eigenvalue weighted by molar-refractivity contribution is 5.77. The fraction of sp³-hybridized carbons (Fsp3) is 0.923. The van der Waals surface area contributed by atoms with Crippen LogP contribution in [0.15, 0.2) is 0 Å². The van der Waals surface area contributed by atoms with Crippen molar-refractivity contribution in [3.63, 3.8) is 0 Å². The van der Waals surface area contributed by atoms with E-state index >= 15 is 0 Å². The predicted molar refractivity (Wildman–Crippen MR) is 66.0 cm³/mol. The maximum Gasteiger partial charge on any atom is 0.323 e. The molecule has 0 amide bonds. The average molecular weight is 257 g/mol. The third-order valence-electron chi connectivity index (χ3n) is 4.50. The van der Waals surface area contributed by atoms with E-state index in [1.807, 2.05) is 0 Å². The van der Waals surface area contributed by atoms with Gasteiger partial charge in [0.2, 0.25) is 0 Å². The number of rotatable bonds is 8. The van der Waals surface area contributed by atoms with Gasteiger partial charge in [-0.1, -0.05) is 0 Å². The lowest BCUT2D eigenvalue weighted by molar-refractivity contribution is -0.228. The summed E-state index contributed by atoms with van der Waals surface area (Å²) >= 11 is 0. The Labute approximate surface area is 108 Å². The molecule has 0 saturated heterocycles. The summed E-state index contributed by atoms with van der Waals surface area (Å²) in [6.45, 7) is 2.07. The van der Waals surface area contributed by atoms with Crippen LogP contribution in [0.4, 0.5) is 0 Å². The number of nitrogens with two attached hydrogens (primary N) is 1. The molecule has 3 fully saturated rings. The largest absolute Gasteiger partial charge is 0.468 e. The van der Waals surface area contributed by atoms with Gasteiger partial charge >= 0.3 is 5.97 Å². The van der Waals surface area contributed by atoms with Crippen LogP contribution < -0.4 is 5.73 Å². The Kier molecular flexibility index (Phi) is 3.94. The number of ether oxygens (including phenoxy) is 3. The van der Waals surface area contributed by atoms with Crippen LogP contribution in [0, 0.1) is 10.8 Å². The summed E-state index contributed by atoms with van der Waals surface area (Å²) in [6.07, 6.45) is 4.20. The van der Waals surface area contributed by atoms with Crippen LogP contribution in [0.5, 0.6) is 0 Å². The molecular formula is C13H23NO4. The van der Waals surface area contributed by atoms with Gasteiger partial charge in [0.15, 0.2) is 0 Å². The molecule has 3 aliphatic carbocycles. The van der Waals surface area contributed by atoms with Crippen molar-refractivity contribution in [2.75, 3.05) is 34.0 Å². The highest BCUT2D eigenvalue weighted by Crippen LogP contribution is 2.75. The molecule has 104 valence electrons. The summed E-state index contributed by atoms with van der Waals surface area (Å²) in [5.41, 5.74) is 6.35. The smallest absolute Gasteiger partial charge is 0.323 e. The van der Waals surface area contributed by atoms with Crippen molar-refractivity contribution >= 4 is 5.97 Å². The standard InChI is InChI=1S/C13H23NO4/c1-16-5-6-18-4-3-12-7-13(8-12,9-12)10(14)11(15)17-2/h10H,3-9,14H2,1-2H3. The van der Waals surface area contributed by atoms with Gasteiger partial charge in [0, 0.05) is 13.7 Å². The molecule has 0 spiro atoms. The first-order valence-corrected chi connectivity index (χ1v) is 6.48. The third kappa shape index (κ3) is 2.27. The van der Waals surface area contributed by atoms with E-state index in [4.69, 9.17) is 19.9 Å². The second-order valence-corrected chi connectivity index (χ2v) is 5.75. The Hall–Kier alpha value is -0.650. The van der Waals surface area contributed by atoms with E-state index in [1.54, 1.807) is 7.11 Å². The molecule has 0 aliphatic heterocycles. The summed E-state index contributed by atoms with van der Waals surface area (Å²) in [4.78, 5) is 11.4. The van der Waals surface area contributed by atoms with Gasteiger partial charge in [-0.2, -0.15) is 0 Å². The van der Waals surface area contributed by atoms with E-state index in [9.17, 15) is 4.79 Å². The molecule has 0 heterocycles. The van der Waals surface area contributed by atoms with Crippen molar-refractivity contribution in [2.24, 2.45) is 16.6 Å². The SMILES string of the molecule is COCCOCCC12CC(C(N)C(=O)OC)(C1)C2. The van der Waals surface area contributed by atoms with Gasteiger partial charge in [0.25, 0.3) is 0 Å². The number of esters is 1. The van der Waals surface area contributed by atoms with E-state index in [-0.39, 0.29) is 11.4 Å². The van der Waals surface area contributed by atoms with Crippen LogP contribution in [-0.2, 0) is 19.0 Å². The molecule has 2 bridgehead atoms. The van der Waals surface area contributed by atoms with Crippen molar-refractivity contribution in [1.82, 2.24) is 0 Å². The van der Waals surface area contributed by atoms with Crippen LogP contribution in [0.25, 0.3) is 0 Å². The van der Waals surface area contributed by atoms with Crippen molar-refractivity contribution in [1.29, 1.82) is 0 Å². The Bertz CT molecular complexity index is 298. The molecule has 1 atom stereocenters. The van der Waals surface area contributed by atoms with Crippen LogP contribution in [0.2, 0.25) is 0 Å². The minimum Gasteiger partial charge on any atom is -0.468 e. The molecule has 0 aromatic rings. The topological polar surface area (TPSA) is 70.8 Å².